The summed E-state index contributed by atoms with van der Waals surface area (Å²) in [4.78, 5) is 25.6. The zero-order chi connectivity index (χ0) is 15.0. The number of nitrogens with zero attached hydrogens (tertiary/aromatic N) is 1. The molecule has 4 nitrogen and oxygen atoms in total. The molecule has 3 rings (SSSR count). The molecular formula is C16H13FN2O2. The van der Waals surface area contributed by atoms with Gasteiger partial charge < -0.3 is 5.73 Å². The molecule has 1 heterocycles. The Labute approximate surface area is 121 Å². The molecular weight excluding hydrogens is 271 g/mol. The van der Waals surface area contributed by atoms with E-state index in [2.05, 4.69) is 0 Å². The van der Waals surface area contributed by atoms with Gasteiger partial charge in [-0.25, -0.2) is 4.39 Å². The van der Waals surface area contributed by atoms with Crippen LogP contribution in [0.3, 0.4) is 0 Å². The highest BCUT2D eigenvalue weighted by Gasteiger charge is 2.35. The highest BCUT2D eigenvalue weighted by atomic mass is 19.1. The lowest BCUT2D eigenvalue weighted by Crippen LogP contribution is -2.36. The van der Waals surface area contributed by atoms with Crippen LogP contribution in [0.1, 0.15) is 32.3 Å². The second-order valence-corrected chi connectivity index (χ2v) is 4.92. The number of amides is 2. The summed E-state index contributed by atoms with van der Waals surface area (Å²) in [5.41, 5.74) is 7.48. The Morgan fingerprint density at radius 2 is 1.48 bits per heavy atom. The summed E-state index contributed by atoms with van der Waals surface area (Å²) in [5, 5.41) is 0. The maximum atomic E-state index is 12.9. The predicted molar refractivity (Wildman–Crippen MR) is 75.1 cm³/mol. The maximum absolute atomic E-state index is 12.9. The van der Waals surface area contributed by atoms with Gasteiger partial charge >= 0.3 is 0 Å². The summed E-state index contributed by atoms with van der Waals surface area (Å²) < 4.78 is 12.9. The van der Waals surface area contributed by atoms with E-state index >= 15 is 0 Å². The fourth-order valence-corrected chi connectivity index (χ4v) is 2.42. The van der Waals surface area contributed by atoms with Crippen molar-refractivity contribution in [3.63, 3.8) is 0 Å². The molecule has 0 saturated carbocycles. The number of benzene rings is 2. The number of hydrogen-bond donors (Lipinski definition) is 1. The second kappa shape index (κ2) is 5.10. The average Bonchev–Trinajstić information content (AvgIpc) is 2.73. The fourth-order valence-electron chi connectivity index (χ4n) is 2.42. The van der Waals surface area contributed by atoms with Crippen LogP contribution >= 0.6 is 0 Å². The van der Waals surface area contributed by atoms with Gasteiger partial charge in [0.15, 0.2) is 0 Å². The van der Waals surface area contributed by atoms with Crippen molar-refractivity contribution in [1.29, 1.82) is 0 Å². The third-order valence-electron chi connectivity index (χ3n) is 3.56. The van der Waals surface area contributed by atoms with Crippen molar-refractivity contribution in [2.75, 3.05) is 6.54 Å². The molecule has 0 aromatic heterocycles. The molecule has 106 valence electrons. The first kappa shape index (κ1) is 13.5. The molecule has 0 fully saturated rings. The predicted octanol–water partition coefficient (Wildman–Crippen LogP) is 2.12. The minimum atomic E-state index is -0.548. The van der Waals surface area contributed by atoms with E-state index < -0.39 is 6.04 Å². The molecule has 1 aliphatic rings. The molecule has 0 aliphatic carbocycles. The molecule has 0 radical (unpaired) electrons. The molecule has 1 aliphatic heterocycles. The van der Waals surface area contributed by atoms with Crippen molar-refractivity contribution in [2.45, 2.75) is 6.04 Å². The molecule has 1 atom stereocenters. The summed E-state index contributed by atoms with van der Waals surface area (Å²) in [6.07, 6.45) is 0. The van der Waals surface area contributed by atoms with E-state index in [1.54, 1.807) is 36.4 Å². The minimum Gasteiger partial charge on any atom is -0.322 e. The summed E-state index contributed by atoms with van der Waals surface area (Å²) in [6, 6.07) is 11.8. The summed E-state index contributed by atoms with van der Waals surface area (Å²) in [7, 11) is 0. The van der Waals surface area contributed by atoms with Gasteiger partial charge in [0.1, 0.15) is 5.82 Å². The Bertz CT molecular complexity index is 677. The number of carbonyl (C=O) groups excluding carboxylic acids is 2. The maximum Gasteiger partial charge on any atom is 0.261 e. The number of imide groups is 1. The first-order valence-electron chi connectivity index (χ1n) is 6.54. The molecule has 0 bridgehead atoms. The number of halogens is 1. The van der Waals surface area contributed by atoms with Gasteiger partial charge in [0.05, 0.1) is 11.1 Å². The molecule has 2 aromatic carbocycles. The molecule has 5 heteroatoms. The van der Waals surface area contributed by atoms with E-state index in [-0.39, 0.29) is 24.2 Å². The SMILES string of the molecule is NC(CN1C(=O)c2ccccc2C1=O)c1ccc(F)cc1. The van der Waals surface area contributed by atoms with Gasteiger partial charge in [-0.2, -0.15) is 0 Å². The lowest BCUT2D eigenvalue weighted by molar-refractivity contribution is 0.0644. The smallest absolute Gasteiger partial charge is 0.261 e. The van der Waals surface area contributed by atoms with Gasteiger partial charge in [-0.1, -0.05) is 24.3 Å². The van der Waals surface area contributed by atoms with Gasteiger partial charge in [0.2, 0.25) is 0 Å². The number of hydrogen-bond acceptors (Lipinski definition) is 3. The molecule has 2 N–H and O–H groups in total. The summed E-state index contributed by atoms with van der Waals surface area (Å²) in [5.74, 6) is -1.03. The molecule has 0 saturated heterocycles. The molecule has 2 aromatic rings. The Balaban J connectivity index is 1.82. The van der Waals surface area contributed by atoms with Crippen molar-refractivity contribution in [1.82, 2.24) is 4.90 Å². The van der Waals surface area contributed by atoms with E-state index in [0.29, 0.717) is 16.7 Å². The largest absolute Gasteiger partial charge is 0.322 e. The summed E-state index contributed by atoms with van der Waals surface area (Å²) >= 11 is 0. The Morgan fingerprint density at radius 1 is 0.952 bits per heavy atom. The van der Waals surface area contributed by atoms with Crippen molar-refractivity contribution < 1.29 is 14.0 Å². The third-order valence-corrected chi connectivity index (χ3v) is 3.56. The quantitative estimate of drug-likeness (QED) is 0.878. The van der Waals surface area contributed by atoms with Crippen LogP contribution in [-0.4, -0.2) is 23.3 Å². The van der Waals surface area contributed by atoms with Crippen LogP contribution in [0.2, 0.25) is 0 Å². The molecule has 21 heavy (non-hydrogen) atoms. The van der Waals surface area contributed by atoms with E-state index in [1.165, 1.54) is 12.1 Å². The molecule has 0 spiro atoms. The number of fused-ring (bicyclic) bond motifs is 1. The number of nitrogens with two attached hydrogens (primary N) is 1. The van der Waals surface area contributed by atoms with Crippen molar-refractivity contribution in [3.8, 4) is 0 Å². The van der Waals surface area contributed by atoms with Crippen LogP contribution in [0.15, 0.2) is 48.5 Å². The van der Waals surface area contributed by atoms with E-state index in [9.17, 15) is 14.0 Å². The lowest BCUT2D eigenvalue weighted by Gasteiger charge is -2.19. The minimum absolute atomic E-state index is 0.0674. The normalized spacial score (nSPS) is 15.2. The van der Waals surface area contributed by atoms with Crippen molar-refractivity contribution >= 4 is 11.8 Å². The fraction of sp³-hybridized carbons (Fsp3) is 0.125. The first-order chi connectivity index (χ1) is 10.1. The lowest BCUT2D eigenvalue weighted by atomic mass is 10.1. The van der Waals surface area contributed by atoms with Crippen LogP contribution in [0.25, 0.3) is 0 Å². The van der Waals surface area contributed by atoms with Crippen molar-refractivity contribution in [3.05, 3.63) is 71.0 Å². The average molecular weight is 284 g/mol. The van der Waals surface area contributed by atoms with Gasteiger partial charge in [0.25, 0.3) is 11.8 Å². The van der Waals surface area contributed by atoms with Crippen LogP contribution < -0.4 is 5.73 Å². The summed E-state index contributed by atoms with van der Waals surface area (Å²) in [6.45, 7) is 0.0674. The zero-order valence-corrected chi connectivity index (χ0v) is 11.1. The van der Waals surface area contributed by atoms with Gasteiger partial charge in [-0.3, -0.25) is 14.5 Å². The van der Waals surface area contributed by atoms with Gasteiger partial charge in [0, 0.05) is 12.6 Å². The standard InChI is InChI=1S/C16H13FN2O2/c17-11-7-5-10(6-8-11)14(18)9-19-15(20)12-3-1-2-4-13(12)16(19)21/h1-8,14H,9,18H2. The third kappa shape index (κ3) is 2.32. The monoisotopic (exact) mass is 284 g/mol. The molecule has 1 unspecified atom stereocenters. The zero-order valence-electron chi connectivity index (χ0n) is 11.1. The van der Waals surface area contributed by atoms with Crippen LogP contribution in [0.5, 0.6) is 0 Å². The molecule has 2 amide bonds. The van der Waals surface area contributed by atoms with Gasteiger partial charge in [-0.15, -0.1) is 0 Å². The van der Waals surface area contributed by atoms with E-state index in [0.717, 1.165) is 4.90 Å². The van der Waals surface area contributed by atoms with E-state index in [4.69, 9.17) is 5.73 Å². The Hall–Kier alpha value is -2.53. The van der Waals surface area contributed by atoms with Gasteiger partial charge in [-0.05, 0) is 29.8 Å². The van der Waals surface area contributed by atoms with Crippen LogP contribution in [-0.2, 0) is 0 Å². The topological polar surface area (TPSA) is 63.4 Å². The first-order valence-corrected chi connectivity index (χ1v) is 6.54. The highest BCUT2D eigenvalue weighted by molar-refractivity contribution is 6.21. The Kier molecular flexibility index (Phi) is 3.27. The highest BCUT2D eigenvalue weighted by Crippen LogP contribution is 2.24. The number of carbonyl (C=O) groups is 2. The van der Waals surface area contributed by atoms with Crippen LogP contribution in [0.4, 0.5) is 4.39 Å². The van der Waals surface area contributed by atoms with Crippen molar-refractivity contribution in [2.24, 2.45) is 5.73 Å². The number of rotatable bonds is 3. The second-order valence-electron chi connectivity index (χ2n) is 4.92. The van der Waals surface area contributed by atoms with Crippen LogP contribution in [0, 0.1) is 5.82 Å². The van der Waals surface area contributed by atoms with E-state index in [1.807, 2.05) is 0 Å². The Morgan fingerprint density at radius 3 is 2.00 bits per heavy atom.